The first-order chi connectivity index (χ1) is 5.13. The van der Waals surface area contributed by atoms with Crippen molar-refractivity contribution in [3.8, 4) is 0 Å². The lowest BCUT2D eigenvalue weighted by Crippen LogP contribution is -2.20. The highest BCUT2D eigenvalue weighted by atomic mass is 16.3. The number of aliphatic hydroxyl groups excluding tert-OH is 1. The number of allylic oxidation sites excluding steroid dienone is 1. The lowest BCUT2D eigenvalue weighted by molar-refractivity contribution is -0.114. The number of carbonyl (C=O) groups excluding carboxylic acids is 1. The zero-order chi connectivity index (χ0) is 8.43. The van der Waals surface area contributed by atoms with Gasteiger partial charge >= 0.3 is 0 Å². The summed E-state index contributed by atoms with van der Waals surface area (Å²) in [6.07, 6.45) is 2.80. The van der Waals surface area contributed by atoms with Crippen molar-refractivity contribution in [2.24, 2.45) is 11.5 Å². The highest BCUT2D eigenvalue weighted by molar-refractivity contribution is 5.93. The molecule has 1 rings (SSSR count). The number of hydrogen-bond donors (Lipinski definition) is 3. The molecule has 0 unspecified atom stereocenters. The minimum atomic E-state index is -0.599. The van der Waals surface area contributed by atoms with Crippen molar-refractivity contribution in [3.05, 3.63) is 23.1 Å². The molecule has 1 amide bonds. The smallest absolute Gasteiger partial charge is 0.248 e. The summed E-state index contributed by atoms with van der Waals surface area (Å²) in [5.41, 5.74) is 10.8. The number of carbonyl (C=O) groups is 1. The molecule has 0 atom stereocenters. The van der Waals surface area contributed by atoms with Crippen LogP contribution in [0, 0.1) is 0 Å². The van der Waals surface area contributed by atoms with Crippen LogP contribution in [0.5, 0.6) is 0 Å². The number of rotatable bonds is 1. The molecule has 0 radical (unpaired) electrons. The highest BCUT2D eigenvalue weighted by Gasteiger charge is 2.16. The summed E-state index contributed by atoms with van der Waals surface area (Å²) >= 11 is 0. The van der Waals surface area contributed by atoms with Crippen molar-refractivity contribution < 1.29 is 9.90 Å². The molecule has 0 aromatic rings. The molecule has 0 fully saturated rings. The normalized spacial score (nSPS) is 18.0. The second kappa shape index (κ2) is 2.65. The lowest BCUT2D eigenvalue weighted by Gasteiger charge is -2.11. The molecule has 5 N–H and O–H groups in total. The van der Waals surface area contributed by atoms with E-state index in [1.807, 2.05) is 0 Å². The third-order valence-corrected chi connectivity index (χ3v) is 1.62. The molecular formula is C7H10N2O2. The number of amides is 1. The molecule has 11 heavy (non-hydrogen) atoms. The molecule has 0 aliphatic heterocycles. The van der Waals surface area contributed by atoms with E-state index in [1.54, 1.807) is 6.08 Å². The number of aliphatic hydroxyl groups is 1. The number of primary amides is 1. The fraction of sp³-hybridized carbons (Fsp3) is 0.286. The van der Waals surface area contributed by atoms with E-state index >= 15 is 0 Å². The van der Waals surface area contributed by atoms with E-state index in [1.165, 1.54) is 0 Å². The summed E-state index contributed by atoms with van der Waals surface area (Å²) in [7, 11) is 0. The van der Waals surface area contributed by atoms with Crippen molar-refractivity contribution in [2.45, 2.75) is 12.8 Å². The second-order valence-electron chi connectivity index (χ2n) is 2.39. The maximum atomic E-state index is 10.6. The molecule has 4 heteroatoms. The Morgan fingerprint density at radius 2 is 2.27 bits per heavy atom. The predicted octanol–water partition coefficient (Wildman–Crippen LogP) is -0.0798. The Labute approximate surface area is 64.2 Å². The highest BCUT2D eigenvalue weighted by Crippen LogP contribution is 2.19. The summed E-state index contributed by atoms with van der Waals surface area (Å²) in [4.78, 5) is 10.6. The van der Waals surface area contributed by atoms with Gasteiger partial charge in [0.2, 0.25) is 5.91 Å². The fourth-order valence-corrected chi connectivity index (χ4v) is 1.00. The van der Waals surface area contributed by atoms with Crippen LogP contribution < -0.4 is 11.5 Å². The summed E-state index contributed by atoms with van der Waals surface area (Å²) in [5.74, 6) is -0.762. The van der Waals surface area contributed by atoms with E-state index in [9.17, 15) is 9.90 Å². The van der Waals surface area contributed by atoms with Gasteiger partial charge in [0.05, 0.1) is 11.3 Å². The molecule has 60 valence electrons. The van der Waals surface area contributed by atoms with E-state index in [-0.39, 0.29) is 17.0 Å². The van der Waals surface area contributed by atoms with Crippen LogP contribution in [0.15, 0.2) is 23.1 Å². The topological polar surface area (TPSA) is 89.3 Å². The van der Waals surface area contributed by atoms with E-state index < -0.39 is 5.91 Å². The Morgan fingerprint density at radius 1 is 1.64 bits per heavy atom. The summed E-state index contributed by atoms with van der Waals surface area (Å²) in [5, 5.41) is 9.19. The molecule has 4 nitrogen and oxygen atoms in total. The molecule has 1 aliphatic carbocycles. The first-order valence-corrected chi connectivity index (χ1v) is 3.31. The summed E-state index contributed by atoms with van der Waals surface area (Å²) in [6.45, 7) is 0. The molecule has 0 spiro atoms. The third kappa shape index (κ3) is 1.34. The fourth-order valence-electron chi connectivity index (χ4n) is 1.00. The van der Waals surface area contributed by atoms with Crippen LogP contribution in [-0.2, 0) is 4.79 Å². The van der Waals surface area contributed by atoms with Crippen molar-refractivity contribution in [1.82, 2.24) is 0 Å². The van der Waals surface area contributed by atoms with Crippen molar-refractivity contribution in [3.63, 3.8) is 0 Å². The zero-order valence-electron chi connectivity index (χ0n) is 6.00. The van der Waals surface area contributed by atoms with Crippen LogP contribution in [0.25, 0.3) is 0 Å². The Balaban J connectivity index is 3.01. The minimum absolute atomic E-state index is 0.163. The van der Waals surface area contributed by atoms with Crippen molar-refractivity contribution in [1.29, 1.82) is 0 Å². The van der Waals surface area contributed by atoms with E-state index in [0.717, 1.165) is 0 Å². The average molecular weight is 154 g/mol. The first kappa shape index (κ1) is 7.65. The number of nitrogens with two attached hydrogens (primary N) is 2. The van der Waals surface area contributed by atoms with Gasteiger partial charge in [-0.25, -0.2) is 0 Å². The summed E-state index contributed by atoms with van der Waals surface area (Å²) in [6, 6.07) is 0. The third-order valence-electron chi connectivity index (χ3n) is 1.62. The minimum Gasteiger partial charge on any atom is -0.505 e. The van der Waals surface area contributed by atoms with Crippen LogP contribution in [-0.4, -0.2) is 11.0 Å². The van der Waals surface area contributed by atoms with Gasteiger partial charge in [0.15, 0.2) is 0 Å². The Morgan fingerprint density at radius 3 is 2.73 bits per heavy atom. The molecule has 0 aromatic carbocycles. The molecule has 0 bridgehead atoms. The molecule has 0 aromatic heterocycles. The summed E-state index contributed by atoms with van der Waals surface area (Å²) < 4.78 is 0. The molecule has 1 aliphatic rings. The maximum absolute atomic E-state index is 10.6. The lowest BCUT2D eigenvalue weighted by atomic mass is 10.0. The van der Waals surface area contributed by atoms with Gasteiger partial charge in [-0.15, -0.1) is 0 Å². The van der Waals surface area contributed by atoms with Crippen LogP contribution in [0.3, 0.4) is 0 Å². The van der Waals surface area contributed by atoms with Crippen LogP contribution >= 0.6 is 0 Å². The molecular weight excluding hydrogens is 144 g/mol. The van der Waals surface area contributed by atoms with Gasteiger partial charge in [-0.3, -0.25) is 4.79 Å². The average Bonchev–Trinajstić information content (AvgIpc) is 1.94. The van der Waals surface area contributed by atoms with E-state index in [0.29, 0.717) is 12.8 Å². The first-order valence-electron chi connectivity index (χ1n) is 3.31. The Hall–Kier alpha value is -1.45. The number of hydrogen-bond acceptors (Lipinski definition) is 3. The Kier molecular flexibility index (Phi) is 1.85. The zero-order valence-corrected chi connectivity index (χ0v) is 6.00. The van der Waals surface area contributed by atoms with Gasteiger partial charge in [-0.1, -0.05) is 6.08 Å². The van der Waals surface area contributed by atoms with Gasteiger partial charge in [-0.2, -0.15) is 0 Å². The monoisotopic (exact) mass is 154 g/mol. The molecule has 0 saturated heterocycles. The van der Waals surface area contributed by atoms with Crippen molar-refractivity contribution >= 4 is 5.91 Å². The largest absolute Gasteiger partial charge is 0.505 e. The van der Waals surface area contributed by atoms with Crippen LogP contribution in [0.1, 0.15) is 12.8 Å². The van der Waals surface area contributed by atoms with Gasteiger partial charge in [0, 0.05) is 0 Å². The van der Waals surface area contributed by atoms with Crippen molar-refractivity contribution in [2.75, 3.05) is 0 Å². The van der Waals surface area contributed by atoms with Crippen LogP contribution in [0.2, 0.25) is 0 Å². The predicted molar refractivity (Wildman–Crippen MR) is 40.4 cm³/mol. The maximum Gasteiger partial charge on any atom is 0.248 e. The van der Waals surface area contributed by atoms with Gasteiger partial charge in [0.1, 0.15) is 5.76 Å². The van der Waals surface area contributed by atoms with Gasteiger partial charge in [0.25, 0.3) is 0 Å². The van der Waals surface area contributed by atoms with E-state index in [2.05, 4.69) is 0 Å². The standard InChI is InChI=1S/C7H10N2O2/c8-5-3-1-2-4(6(5)10)7(9)11/h3,10H,1-2,8H2,(H2,9,11). The molecule has 0 heterocycles. The second-order valence-corrected chi connectivity index (χ2v) is 2.39. The quantitative estimate of drug-likeness (QED) is 0.493. The van der Waals surface area contributed by atoms with Gasteiger partial charge in [-0.05, 0) is 12.8 Å². The molecule has 0 saturated carbocycles. The SMILES string of the molecule is NC(=O)C1=C(O)C(N)=CCC1. The Bertz CT molecular complexity index is 253. The van der Waals surface area contributed by atoms with E-state index in [4.69, 9.17) is 11.5 Å². The van der Waals surface area contributed by atoms with Gasteiger partial charge < -0.3 is 16.6 Å². The van der Waals surface area contributed by atoms with Crippen LogP contribution in [0.4, 0.5) is 0 Å².